The Morgan fingerprint density at radius 3 is 2.26 bits per heavy atom. The van der Waals surface area contributed by atoms with E-state index in [1.165, 1.54) is 31.1 Å². The summed E-state index contributed by atoms with van der Waals surface area (Å²) in [5.41, 5.74) is 2.51. The van der Waals surface area contributed by atoms with Gasteiger partial charge in [0, 0.05) is 0 Å². The average Bonchev–Trinajstić information content (AvgIpc) is 3.11. The van der Waals surface area contributed by atoms with Crippen molar-refractivity contribution in [3.63, 3.8) is 0 Å². The molecule has 9 nitrogen and oxygen atoms in total. The smallest absolute Gasteiger partial charge is 0.343 e. The summed E-state index contributed by atoms with van der Waals surface area (Å²) in [6.45, 7) is 1.53. The topological polar surface area (TPSA) is 94.6 Å². The van der Waals surface area contributed by atoms with Gasteiger partial charge in [0.2, 0.25) is 0 Å². The van der Waals surface area contributed by atoms with Gasteiger partial charge in [0.1, 0.15) is 12.2 Å². The quantitative estimate of drug-likeness (QED) is 0.294. The molecule has 0 aliphatic carbocycles. The van der Waals surface area contributed by atoms with Crippen molar-refractivity contribution in [3.8, 4) is 11.5 Å². The van der Waals surface area contributed by atoms with E-state index < -0.39 is 11.9 Å². The van der Waals surface area contributed by atoms with Gasteiger partial charge in [-0.25, -0.2) is 4.79 Å². The molecule has 1 amide bonds. The van der Waals surface area contributed by atoms with Crippen LogP contribution in [0.25, 0.3) is 6.08 Å². The lowest BCUT2D eigenvalue weighted by Crippen LogP contribution is -2.35. The number of ether oxygens (including phenoxy) is 4. The third-order valence-electron chi connectivity index (χ3n) is 5.32. The van der Waals surface area contributed by atoms with Crippen LogP contribution in [0.4, 0.5) is 5.69 Å². The van der Waals surface area contributed by atoms with E-state index in [0.717, 1.165) is 12.0 Å². The van der Waals surface area contributed by atoms with Crippen molar-refractivity contribution in [1.29, 1.82) is 0 Å². The number of carbonyl (C=O) groups excluding carboxylic acids is 3. The van der Waals surface area contributed by atoms with Gasteiger partial charge in [0.05, 0.1) is 27.0 Å². The number of benzene rings is 2. The van der Waals surface area contributed by atoms with Crippen LogP contribution in [-0.4, -0.2) is 62.3 Å². The first-order valence-corrected chi connectivity index (χ1v) is 11.1. The molecule has 10 heteroatoms. The highest BCUT2D eigenvalue weighted by atomic mass is 32.1. The van der Waals surface area contributed by atoms with Crippen LogP contribution in [0.1, 0.15) is 18.1 Å². The number of aryl methyl sites for hydroxylation is 1. The highest BCUT2D eigenvalue weighted by Gasteiger charge is 2.40. The second kappa shape index (κ2) is 11.5. The molecule has 1 fully saturated rings. The molecule has 0 N–H and O–H groups in total. The van der Waals surface area contributed by atoms with Crippen LogP contribution < -0.4 is 14.4 Å². The van der Waals surface area contributed by atoms with E-state index in [4.69, 9.17) is 26.4 Å². The van der Waals surface area contributed by atoms with E-state index in [1.54, 1.807) is 24.3 Å². The normalized spacial score (nSPS) is 14.3. The van der Waals surface area contributed by atoms with E-state index in [9.17, 15) is 14.4 Å². The van der Waals surface area contributed by atoms with Gasteiger partial charge < -0.3 is 23.8 Å². The molecular weight excluding hydrogens is 472 g/mol. The number of nitrogens with zero attached hydrogens (tertiary/aromatic N) is 2. The van der Waals surface area contributed by atoms with E-state index in [1.807, 2.05) is 31.2 Å². The van der Waals surface area contributed by atoms with E-state index in [2.05, 4.69) is 4.74 Å². The lowest BCUT2D eigenvalue weighted by molar-refractivity contribution is -0.143. The number of anilines is 1. The van der Waals surface area contributed by atoms with Crippen molar-refractivity contribution in [2.24, 2.45) is 0 Å². The molecule has 0 spiro atoms. The Balaban J connectivity index is 1.98. The van der Waals surface area contributed by atoms with Crippen molar-refractivity contribution in [1.82, 2.24) is 4.90 Å². The zero-order valence-electron chi connectivity index (χ0n) is 19.9. The van der Waals surface area contributed by atoms with Crippen LogP contribution in [-0.2, 0) is 30.3 Å². The zero-order valence-corrected chi connectivity index (χ0v) is 20.7. The second-order valence-electron chi connectivity index (χ2n) is 7.41. The van der Waals surface area contributed by atoms with E-state index in [-0.39, 0.29) is 29.9 Å². The van der Waals surface area contributed by atoms with Gasteiger partial charge in [-0.2, -0.15) is 0 Å². The van der Waals surface area contributed by atoms with Crippen LogP contribution in [0.2, 0.25) is 0 Å². The Labute approximate surface area is 208 Å². The lowest BCUT2D eigenvalue weighted by Gasteiger charge is -2.19. The molecule has 0 radical (unpaired) electrons. The first-order chi connectivity index (χ1) is 16.8. The van der Waals surface area contributed by atoms with Gasteiger partial charge in [-0.05, 0) is 60.1 Å². The molecule has 0 saturated carbocycles. The average molecular weight is 499 g/mol. The number of thiocarbonyl (C=S) groups is 1. The summed E-state index contributed by atoms with van der Waals surface area (Å²) in [5, 5.41) is 0.167. The van der Waals surface area contributed by atoms with E-state index in [0.29, 0.717) is 22.7 Å². The molecule has 0 aromatic heterocycles. The monoisotopic (exact) mass is 498 g/mol. The molecule has 184 valence electrons. The Bertz CT molecular complexity index is 1160. The molecule has 2 aromatic carbocycles. The summed E-state index contributed by atoms with van der Waals surface area (Å²) < 4.78 is 20.2. The van der Waals surface area contributed by atoms with Crippen LogP contribution in [0.15, 0.2) is 48.2 Å². The van der Waals surface area contributed by atoms with Gasteiger partial charge in [-0.15, -0.1) is 0 Å². The summed E-state index contributed by atoms with van der Waals surface area (Å²) in [6.07, 6.45) is 2.46. The van der Waals surface area contributed by atoms with Crippen molar-refractivity contribution >= 4 is 46.9 Å². The molecule has 1 heterocycles. The van der Waals surface area contributed by atoms with Crippen molar-refractivity contribution in [3.05, 3.63) is 59.3 Å². The second-order valence-corrected chi connectivity index (χ2v) is 7.78. The SMILES string of the molecule is CCc1ccc(N2C(=O)C(=Cc3ccc(OCC(=O)OC)c(OC)c3)N(CC(=O)OC)C2=S)cc1. The van der Waals surface area contributed by atoms with Gasteiger partial charge in [0.15, 0.2) is 23.2 Å². The van der Waals surface area contributed by atoms with Crippen LogP contribution in [0, 0.1) is 0 Å². The number of hydrogen-bond acceptors (Lipinski definition) is 8. The van der Waals surface area contributed by atoms with Gasteiger partial charge >= 0.3 is 11.9 Å². The van der Waals surface area contributed by atoms with Gasteiger partial charge in [-0.3, -0.25) is 14.5 Å². The van der Waals surface area contributed by atoms with Crippen LogP contribution in [0.5, 0.6) is 11.5 Å². The summed E-state index contributed by atoms with van der Waals surface area (Å²) in [7, 11) is 3.99. The number of methoxy groups -OCH3 is 3. The zero-order chi connectivity index (χ0) is 25.5. The number of carbonyl (C=O) groups is 3. The number of amides is 1. The van der Waals surface area contributed by atoms with Crippen molar-refractivity contribution in [2.75, 3.05) is 39.4 Å². The van der Waals surface area contributed by atoms with Gasteiger partial charge in [-0.1, -0.05) is 25.1 Å². The third kappa shape index (κ3) is 5.78. The summed E-state index contributed by atoms with van der Waals surface area (Å²) in [5.74, 6) is -0.777. The maximum atomic E-state index is 13.5. The summed E-state index contributed by atoms with van der Waals surface area (Å²) in [4.78, 5) is 39.7. The first kappa shape index (κ1) is 25.7. The lowest BCUT2D eigenvalue weighted by atomic mass is 10.1. The highest BCUT2D eigenvalue weighted by Crippen LogP contribution is 2.32. The fraction of sp³-hybridized carbons (Fsp3) is 0.280. The maximum Gasteiger partial charge on any atom is 0.343 e. The Hall–Kier alpha value is -3.92. The molecule has 0 unspecified atom stereocenters. The predicted octanol–water partition coefficient (Wildman–Crippen LogP) is 2.96. The van der Waals surface area contributed by atoms with Gasteiger partial charge in [0.25, 0.3) is 5.91 Å². The molecule has 0 atom stereocenters. The largest absolute Gasteiger partial charge is 0.493 e. The number of hydrogen-bond donors (Lipinski definition) is 0. The minimum absolute atomic E-state index is 0.167. The molecule has 1 aliphatic rings. The van der Waals surface area contributed by atoms with Crippen molar-refractivity contribution in [2.45, 2.75) is 13.3 Å². The Morgan fingerprint density at radius 2 is 1.66 bits per heavy atom. The highest BCUT2D eigenvalue weighted by molar-refractivity contribution is 7.80. The minimum atomic E-state index is -0.543. The summed E-state index contributed by atoms with van der Waals surface area (Å²) >= 11 is 5.58. The molecule has 1 saturated heterocycles. The fourth-order valence-corrected chi connectivity index (χ4v) is 3.73. The minimum Gasteiger partial charge on any atom is -0.493 e. The molecule has 1 aliphatic heterocycles. The number of esters is 2. The first-order valence-electron chi connectivity index (χ1n) is 10.7. The molecular formula is C25H26N2O7S. The molecule has 0 bridgehead atoms. The van der Waals surface area contributed by atoms with E-state index >= 15 is 0 Å². The standard InChI is InChI=1S/C25H26N2O7S/c1-5-16-6-9-18(10-7-16)27-24(30)19(26(25(27)35)14-22(28)32-3)12-17-8-11-20(21(13-17)31-2)34-15-23(29)33-4/h6-13H,5,14-15H2,1-4H3. The van der Waals surface area contributed by atoms with Crippen LogP contribution in [0.3, 0.4) is 0 Å². The van der Waals surface area contributed by atoms with Crippen molar-refractivity contribution < 1.29 is 33.3 Å². The Kier molecular flexibility index (Phi) is 8.43. The predicted molar refractivity (Wildman–Crippen MR) is 133 cm³/mol. The molecule has 35 heavy (non-hydrogen) atoms. The number of rotatable bonds is 9. The fourth-order valence-electron chi connectivity index (χ4n) is 3.38. The van der Waals surface area contributed by atoms with Crippen LogP contribution >= 0.6 is 12.2 Å². The Morgan fingerprint density at radius 1 is 0.971 bits per heavy atom. The maximum absolute atomic E-state index is 13.5. The third-order valence-corrected chi connectivity index (χ3v) is 5.72. The summed E-state index contributed by atoms with van der Waals surface area (Å²) in [6, 6.07) is 12.4. The molecule has 2 aromatic rings. The molecule has 3 rings (SSSR count).